The molecule has 3 rings (SSSR count). The van der Waals surface area contributed by atoms with Crippen LogP contribution in [0.3, 0.4) is 0 Å². The van der Waals surface area contributed by atoms with Gasteiger partial charge in [-0.15, -0.1) is 0 Å². The quantitative estimate of drug-likeness (QED) is 0.867. The van der Waals surface area contributed by atoms with E-state index in [4.69, 9.17) is 18.9 Å². The van der Waals surface area contributed by atoms with Gasteiger partial charge < -0.3 is 18.9 Å². The topological polar surface area (TPSA) is 36.9 Å². The van der Waals surface area contributed by atoms with Gasteiger partial charge in [0.2, 0.25) is 0 Å². The molecule has 0 radical (unpaired) electrons. The van der Waals surface area contributed by atoms with Gasteiger partial charge in [0, 0.05) is 0 Å². The van der Waals surface area contributed by atoms with E-state index < -0.39 is 0 Å². The van der Waals surface area contributed by atoms with E-state index in [9.17, 15) is 0 Å². The first-order valence-electron chi connectivity index (χ1n) is 7.27. The Morgan fingerprint density at radius 1 is 0.909 bits per heavy atom. The minimum absolute atomic E-state index is 0.0885. The average molecular weight is 300 g/mol. The molecule has 4 heteroatoms. The number of hydrogen-bond donors (Lipinski definition) is 0. The van der Waals surface area contributed by atoms with Gasteiger partial charge in [0.25, 0.3) is 0 Å². The van der Waals surface area contributed by atoms with Gasteiger partial charge in [-0.25, -0.2) is 0 Å². The molecule has 0 aromatic heterocycles. The largest absolute Gasteiger partial charge is 0.497 e. The highest BCUT2D eigenvalue weighted by atomic mass is 16.5. The van der Waals surface area contributed by atoms with Crippen molar-refractivity contribution in [3.8, 4) is 17.2 Å². The smallest absolute Gasteiger partial charge is 0.161 e. The van der Waals surface area contributed by atoms with Crippen molar-refractivity contribution in [2.24, 2.45) is 0 Å². The molecule has 0 fully saturated rings. The van der Waals surface area contributed by atoms with Gasteiger partial charge in [-0.1, -0.05) is 12.1 Å². The highest BCUT2D eigenvalue weighted by molar-refractivity contribution is 5.51. The molecular weight excluding hydrogens is 280 g/mol. The van der Waals surface area contributed by atoms with Crippen molar-refractivity contribution in [1.82, 2.24) is 0 Å². The highest BCUT2D eigenvalue weighted by Gasteiger charge is 2.25. The molecule has 0 saturated heterocycles. The van der Waals surface area contributed by atoms with Crippen LogP contribution in [0.5, 0.6) is 17.2 Å². The summed E-state index contributed by atoms with van der Waals surface area (Å²) in [6.07, 6.45) is 0.789. The molecule has 116 valence electrons. The van der Waals surface area contributed by atoms with E-state index in [1.165, 1.54) is 5.56 Å². The Kier molecular flexibility index (Phi) is 4.20. The molecule has 0 aliphatic carbocycles. The molecule has 0 N–H and O–H groups in total. The van der Waals surface area contributed by atoms with Crippen LogP contribution in [0.4, 0.5) is 0 Å². The Morgan fingerprint density at radius 2 is 1.59 bits per heavy atom. The van der Waals surface area contributed by atoms with Crippen molar-refractivity contribution in [2.45, 2.75) is 12.5 Å². The normalized spacial score (nSPS) is 16.8. The summed E-state index contributed by atoms with van der Waals surface area (Å²) in [6, 6.07) is 12.0. The number of benzene rings is 2. The van der Waals surface area contributed by atoms with E-state index in [1.807, 2.05) is 36.4 Å². The van der Waals surface area contributed by atoms with Crippen LogP contribution < -0.4 is 14.2 Å². The fraction of sp³-hybridized carbons (Fsp3) is 0.333. The fourth-order valence-electron chi connectivity index (χ4n) is 2.83. The summed E-state index contributed by atoms with van der Waals surface area (Å²) >= 11 is 0. The number of hydrogen-bond acceptors (Lipinski definition) is 4. The summed E-state index contributed by atoms with van der Waals surface area (Å²) in [4.78, 5) is 0. The van der Waals surface area contributed by atoms with E-state index in [-0.39, 0.29) is 6.10 Å². The summed E-state index contributed by atoms with van der Waals surface area (Å²) in [6.45, 7) is 0.694. The van der Waals surface area contributed by atoms with Gasteiger partial charge in [-0.2, -0.15) is 0 Å². The zero-order chi connectivity index (χ0) is 15.5. The molecule has 0 saturated carbocycles. The van der Waals surface area contributed by atoms with Crippen LogP contribution >= 0.6 is 0 Å². The lowest BCUT2D eigenvalue weighted by atomic mass is 9.92. The maximum absolute atomic E-state index is 6.00. The molecule has 1 aliphatic heterocycles. The number of methoxy groups -OCH3 is 3. The lowest BCUT2D eigenvalue weighted by Gasteiger charge is -2.27. The SMILES string of the molecule is COc1ccc([C@@H]2OCCc3cc(OC)c(OC)cc32)cc1. The molecular formula is C18H20O4. The molecule has 2 aromatic rings. The maximum Gasteiger partial charge on any atom is 0.161 e. The molecule has 1 heterocycles. The van der Waals surface area contributed by atoms with Crippen LogP contribution in [0.25, 0.3) is 0 Å². The minimum atomic E-state index is -0.0885. The van der Waals surface area contributed by atoms with Crippen LogP contribution in [0.2, 0.25) is 0 Å². The molecule has 22 heavy (non-hydrogen) atoms. The minimum Gasteiger partial charge on any atom is -0.497 e. The summed E-state index contributed by atoms with van der Waals surface area (Å²) < 4.78 is 22.0. The molecule has 4 nitrogen and oxygen atoms in total. The Labute approximate surface area is 130 Å². The van der Waals surface area contributed by atoms with Crippen molar-refractivity contribution in [2.75, 3.05) is 27.9 Å². The first-order chi connectivity index (χ1) is 10.8. The van der Waals surface area contributed by atoms with E-state index in [0.29, 0.717) is 6.61 Å². The second-order valence-electron chi connectivity index (χ2n) is 5.18. The summed E-state index contributed by atoms with van der Waals surface area (Å²) in [5, 5.41) is 0. The lowest BCUT2D eigenvalue weighted by molar-refractivity contribution is 0.0694. The van der Waals surface area contributed by atoms with Crippen LogP contribution in [0, 0.1) is 0 Å². The van der Waals surface area contributed by atoms with Gasteiger partial charge in [-0.3, -0.25) is 0 Å². The summed E-state index contributed by atoms with van der Waals surface area (Å²) in [5.74, 6) is 2.33. The molecule has 0 unspecified atom stereocenters. The van der Waals surface area contributed by atoms with E-state index >= 15 is 0 Å². The van der Waals surface area contributed by atoms with Crippen LogP contribution in [0.15, 0.2) is 36.4 Å². The number of rotatable bonds is 4. The first kappa shape index (κ1) is 14.7. The first-order valence-corrected chi connectivity index (χ1v) is 7.27. The molecule has 0 amide bonds. The predicted molar refractivity (Wildman–Crippen MR) is 84.0 cm³/mol. The van der Waals surface area contributed by atoms with Crippen LogP contribution in [0.1, 0.15) is 22.8 Å². The molecule has 2 aromatic carbocycles. The van der Waals surface area contributed by atoms with Gasteiger partial charge in [0.1, 0.15) is 11.9 Å². The molecule has 1 aliphatic rings. The van der Waals surface area contributed by atoms with Crippen LogP contribution in [-0.4, -0.2) is 27.9 Å². The van der Waals surface area contributed by atoms with Gasteiger partial charge in [-0.05, 0) is 47.4 Å². The van der Waals surface area contributed by atoms with E-state index in [0.717, 1.165) is 34.8 Å². The summed E-state index contributed by atoms with van der Waals surface area (Å²) in [7, 11) is 4.97. The maximum atomic E-state index is 6.00. The monoisotopic (exact) mass is 300 g/mol. The standard InChI is InChI=1S/C18H20O4/c1-19-14-6-4-12(5-7-14)18-15-11-17(21-3)16(20-2)10-13(15)8-9-22-18/h4-7,10-11,18H,8-9H2,1-3H3/t18-/m0/s1. The third-order valence-electron chi connectivity index (χ3n) is 4.00. The van der Waals surface area contributed by atoms with Crippen molar-refractivity contribution < 1.29 is 18.9 Å². The molecule has 0 bridgehead atoms. The molecule has 1 atom stereocenters. The zero-order valence-corrected chi connectivity index (χ0v) is 13.1. The van der Waals surface area contributed by atoms with Gasteiger partial charge >= 0.3 is 0 Å². The van der Waals surface area contributed by atoms with Crippen molar-refractivity contribution >= 4 is 0 Å². The van der Waals surface area contributed by atoms with Crippen molar-refractivity contribution in [3.63, 3.8) is 0 Å². The Balaban J connectivity index is 2.02. The van der Waals surface area contributed by atoms with E-state index in [1.54, 1.807) is 21.3 Å². The summed E-state index contributed by atoms with van der Waals surface area (Å²) in [5.41, 5.74) is 3.48. The lowest BCUT2D eigenvalue weighted by Crippen LogP contribution is -2.17. The Morgan fingerprint density at radius 3 is 2.23 bits per heavy atom. The number of ether oxygens (including phenoxy) is 4. The predicted octanol–water partition coefficient (Wildman–Crippen LogP) is 3.37. The second-order valence-corrected chi connectivity index (χ2v) is 5.18. The fourth-order valence-corrected chi connectivity index (χ4v) is 2.83. The second kappa shape index (κ2) is 6.28. The molecule has 0 spiro atoms. The average Bonchev–Trinajstić information content (AvgIpc) is 2.60. The van der Waals surface area contributed by atoms with Gasteiger partial charge in [0.05, 0.1) is 27.9 Å². The van der Waals surface area contributed by atoms with Crippen molar-refractivity contribution in [3.05, 3.63) is 53.1 Å². The third kappa shape index (κ3) is 2.62. The number of fused-ring (bicyclic) bond motifs is 1. The van der Waals surface area contributed by atoms with Crippen molar-refractivity contribution in [1.29, 1.82) is 0 Å². The van der Waals surface area contributed by atoms with Gasteiger partial charge in [0.15, 0.2) is 11.5 Å². The highest BCUT2D eigenvalue weighted by Crippen LogP contribution is 2.39. The Hall–Kier alpha value is -2.20. The zero-order valence-electron chi connectivity index (χ0n) is 13.1. The van der Waals surface area contributed by atoms with Crippen LogP contribution in [-0.2, 0) is 11.2 Å². The Bertz CT molecular complexity index is 649. The third-order valence-corrected chi connectivity index (χ3v) is 4.00. The van der Waals surface area contributed by atoms with E-state index in [2.05, 4.69) is 0 Å².